The highest BCUT2D eigenvalue weighted by Crippen LogP contribution is 2.26. The summed E-state index contributed by atoms with van der Waals surface area (Å²) in [6, 6.07) is -1.73. The molecule has 3 N–H and O–H groups in total. The molecule has 0 aromatic heterocycles. The van der Waals surface area contributed by atoms with Crippen LogP contribution in [0.25, 0.3) is 0 Å². The zero-order valence-electron chi connectivity index (χ0n) is 12.9. The van der Waals surface area contributed by atoms with E-state index in [2.05, 4.69) is 4.74 Å². The topological polar surface area (TPSA) is 122 Å². The summed E-state index contributed by atoms with van der Waals surface area (Å²) in [5.41, 5.74) is 0. The molecule has 0 fully saturated rings. The van der Waals surface area contributed by atoms with E-state index in [1.54, 1.807) is 0 Å². The molecule has 0 aliphatic carbocycles. The maximum atomic E-state index is 13.4. The third kappa shape index (κ3) is 5.72. The summed E-state index contributed by atoms with van der Waals surface area (Å²) in [6.45, 7) is -1.75. The number of nitrogens with one attached hydrogen (secondary N) is 2. The molecule has 0 radical (unpaired) electrons. The average molecular weight is 380 g/mol. The van der Waals surface area contributed by atoms with Crippen molar-refractivity contribution >= 4 is 24.1 Å². The van der Waals surface area contributed by atoms with E-state index in [1.165, 1.54) is 0 Å². The second-order valence-corrected chi connectivity index (χ2v) is 4.77. The van der Waals surface area contributed by atoms with Gasteiger partial charge in [-0.3, -0.25) is 19.2 Å². The molecule has 142 valence electrons. The molecule has 26 heavy (non-hydrogen) atoms. The predicted octanol–water partition coefficient (Wildman–Crippen LogP) is -0.104. The molecule has 1 aromatic rings. The van der Waals surface area contributed by atoms with Gasteiger partial charge in [0, 0.05) is 6.07 Å². The van der Waals surface area contributed by atoms with E-state index in [1.807, 2.05) is 10.6 Å². The molecule has 1 rings (SSSR count). The molecule has 8 nitrogen and oxygen atoms in total. The van der Waals surface area contributed by atoms with Crippen molar-refractivity contribution in [3.8, 4) is 5.75 Å². The zero-order valence-corrected chi connectivity index (χ0v) is 12.9. The number of aliphatic carboxylic acids is 1. The van der Waals surface area contributed by atoms with Crippen LogP contribution in [0.4, 0.5) is 17.6 Å². The van der Waals surface area contributed by atoms with Gasteiger partial charge >= 0.3 is 5.97 Å². The second-order valence-electron chi connectivity index (χ2n) is 4.77. The lowest BCUT2D eigenvalue weighted by Crippen LogP contribution is -2.47. The van der Waals surface area contributed by atoms with Crippen LogP contribution >= 0.6 is 0 Å². The quantitative estimate of drug-likeness (QED) is 0.296. The summed E-state index contributed by atoms with van der Waals surface area (Å²) in [5, 5.41) is 12.7. The Morgan fingerprint density at radius 2 is 1.73 bits per heavy atom. The van der Waals surface area contributed by atoms with E-state index in [0.29, 0.717) is 0 Å². The molecule has 0 spiro atoms. The normalized spacial score (nSPS) is 11.4. The molecule has 1 aromatic carbocycles. The first kappa shape index (κ1) is 20.9. The van der Waals surface area contributed by atoms with Crippen LogP contribution in [0.15, 0.2) is 6.07 Å². The minimum absolute atomic E-state index is 0.0627. The number of Topliss-reactive ketones (excluding diaryl/α,β-unsaturated/α-hetero) is 1. The summed E-state index contributed by atoms with van der Waals surface area (Å²) >= 11 is 0. The summed E-state index contributed by atoms with van der Waals surface area (Å²) in [4.78, 5) is 44.2. The van der Waals surface area contributed by atoms with Crippen molar-refractivity contribution in [3.05, 3.63) is 29.3 Å². The maximum Gasteiger partial charge on any atom is 0.305 e. The van der Waals surface area contributed by atoms with E-state index >= 15 is 0 Å². The number of ether oxygens (including phenoxy) is 1. The first-order valence-corrected chi connectivity index (χ1v) is 6.84. The van der Waals surface area contributed by atoms with Gasteiger partial charge in [-0.25, -0.2) is 8.78 Å². The van der Waals surface area contributed by atoms with Gasteiger partial charge in [0.15, 0.2) is 23.2 Å². The van der Waals surface area contributed by atoms with Crippen LogP contribution in [0.2, 0.25) is 0 Å². The van der Waals surface area contributed by atoms with Gasteiger partial charge in [-0.15, -0.1) is 0 Å². The molecule has 1 atom stereocenters. The predicted molar refractivity (Wildman–Crippen MR) is 75.0 cm³/mol. The summed E-state index contributed by atoms with van der Waals surface area (Å²) in [6.07, 6.45) is -0.724. The number of halogens is 4. The second kappa shape index (κ2) is 9.34. The third-order valence-corrected chi connectivity index (χ3v) is 2.88. The van der Waals surface area contributed by atoms with Gasteiger partial charge in [0.2, 0.25) is 24.0 Å². The van der Waals surface area contributed by atoms with Crippen molar-refractivity contribution in [1.82, 2.24) is 10.6 Å². The molecule has 0 aliphatic rings. The van der Waals surface area contributed by atoms with Gasteiger partial charge in [0.1, 0.15) is 12.6 Å². The molecule has 0 aliphatic heterocycles. The lowest BCUT2D eigenvalue weighted by Gasteiger charge is -2.16. The number of rotatable bonds is 10. The van der Waals surface area contributed by atoms with Crippen molar-refractivity contribution in [2.24, 2.45) is 0 Å². The van der Waals surface area contributed by atoms with Crippen molar-refractivity contribution < 1.29 is 46.6 Å². The Balaban J connectivity index is 2.86. The molecule has 0 saturated carbocycles. The standard InChI is InChI=1S/C14H12F4N2O6/c15-6-1-7(16)13(18)14(12(6)17)26-4-9(22)8(2-11(24)25)20-10(23)3-19-5-21/h1,5,8H,2-4H2,(H,19,21)(H,20,23)(H,24,25)/t8-/m0/s1. The molecule has 2 amide bonds. The van der Waals surface area contributed by atoms with Crippen LogP contribution in [0, 0.1) is 23.3 Å². The monoisotopic (exact) mass is 380 g/mol. The van der Waals surface area contributed by atoms with Crippen LogP contribution in [0.3, 0.4) is 0 Å². The molecular formula is C14H12F4N2O6. The Bertz CT molecular complexity index is 702. The Labute approximate surface area is 143 Å². The Morgan fingerprint density at radius 1 is 1.15 bits per heavy atom. The number of ketones is 1. The van der Waals surface area contributed by atoms with Crippen molar-refractivity contribution in [3.63, 3.8) is 0 Å². The van der Waals surface area contributed by atoms with Crippen molar-refractivity contribution in [2.45, 2.75) is 12.5 Å². The van der Waals surface area contributed by atoms with Crippen LogP contribution in [0.5, 0.6) is 5.75 Å². The highest BCUT2D eigenvalue weighted by atomic mass is 19.2. The summed E-state index contributed by atoms with van der Waals surface area (Å²) < 4.78 is 57.4. The fraction of sp³-hybridized carbons (Fsp3) is 0.286. The number of carboxylic acids is 1. The van der Waals surface area contributed by atoms with E-state index < -0.39 is 72.3 Å². The van der Waals surface area contributed by atoms with Gasteiger partial charge in [-0.2, -0.15) is 8.78 Å². The van der Waals surface area contributed by atoms with Crippen LogP contribution in [-0.2, 0) is 19.2 Å². The van der Waals surface area contributed by atoms with E-state index in [4.69, 9.17) is 5.11 Å². The largest absolute Gasteiger partial charge is 0.481 e. The summed E-state index contributed by atoms with van der Waals surface area (Å²) in [7, 11) is 0. The fourth-order valence-corrected chi connectivity index (χ4v) is 1.72. The lowest BCUT2D eigenvalue weighted by atomic mass is 10.1. The Kier molecular flexibility index (Phi) is 7.50. The number of benzene rings is 1. The minimum Gasteiger partial charge on any atom is -0.481 e. The van der Waals surface area contributed by atoms with Crippen molar-refractivity contribution in [2.75, 3.05) is 13.2 Å². The molecule has 0 heterocycles. The van der Waals surface area contributed by atoms with Gasteiger partial charge in [0.05, 0.1) is 13.0 Å². The molecule has 0 unspecified atom stereocenters. The number of hydrogen-bond acceptors (Lipinski definition) is 5. The SMILES string of the molecule is O=CNCC(=O)N[C@@H](CC(=O)O)C(=O)COc1c(F)c(F)cc(F)c1F. The molecule has 0 saturated heterocycles. The zero-order chi connectivity index (χ0) is 19.9. The lowest BCUT2D eigenvalue weighted by molar-refractivity contribution is -0.140. The number of carbonyl (C=O) groups excluding carboxylic acids is 3. The van der Waals surface area contributed by atoms with E-state index in [0.717, 1.165) is 0 Å². The van der Waals surface area contributed by atoms with Crippen LogP contribution < -0.4 is 15.4 Å². The van der Waals surface area contributed by atoms with Gasteiger partial charge in [-0.05, 0) is 0 Å². The smallest absolute Gasteiger partial charge is 0.305 e. The third-order valence-electron chi connectivity index (χ3n) is 2.88. The Hall–Kier alpha value is -3.18. The number of carboxylic acid groups (broad SMARTS) is 1. The average Bonchev–Trinajstić information content (AvgIpc) is 2.57. The van der Waals surface area contributed by atoms with Gasteiger partial charge in [-0.1, -0.05) is 0 Å². The summed E-state index contributed by atoms with van der Waals surface area (Å²) in [5.74, 6) is -12.4. The van der Waals surface area contributed by atoms with E-state index in [-0.39, 0.29) is 12.5 Å². The minimum atomic E-state index is -1.88. The van der Waals surface area contributed by atoms with Crippen LogP contribution in [0.1, 0.15) is 6.42 Å². The van der Waals surface area contributed by atoms with Gasteiger partial charge < -0.3 is 20.5 Å². The first-order valence-electron chi connectivity index (χ1n) is 6.84. The number of carbonyl (C=O) groups is 4. The molecule has 0 bridgehead atoms. The van der Waals surface area contributed by atoms with E-state index in [9.17, 15) is 36.7 Å². The molecular weight excluding hydrogens is 368 g/mol. The van der Waals surface area contributed by atoms with Crippen LogP contribution in [-0.4, -0.2) is 48.4 Å². The number of amides is 2. The maximum absolute atomic E-state index is 13.4. The van der Waals surface area contributed by atoms with Crippen molar-refractivity contribution in [1.29, 1.82) is 0 Å². The fourth-order valence-electron chi connectivity index (χ4n) is 1.72. The number of hydrogen-bond donors (Lipinski definition) is 3. The highest BCUT2D eigenvalue weighted by molar-refractivity contribution is 5.93. The van der Waals surface area contributed by atoms with Gasteiger partial charge in [0.25, 0.3) is 0 Å². The first-order chi connectivity index (χ1) is 12.2. The molecule has 12 heteroatoms. The highest BCUT2D eigenvalue weighted by Gasteiger charge is 2.26. The Morgan fingerprint density at radius 3 is 2.23 bits per heavy atom.